The summed E-state index contributed by atoms with van der Waals surface area (Å²) in [6, 6.07) is 0. The van der Waals surface area contributed by atoms with Crippen molar-refractivity contribution >= 4 is 11.7 Å². The van der Waals surface area contributed by atoms with E-state index in [-0.39, 0.29) is 31.5 Å². The summed E-state index contributed by atoms with van der Waals surface area (Å²) in [5, 5.41) is 32.8. The van der Waals surface area contributed by atoms with E-state index < -0.39 is 18.2 Å². The quantitative estimate of drug-likeness (QED) is 0.312. The first-order valence-electron chi connectivity index (χ1n) is 9.03. The molecule has 0 aliphatic heterocycles. The number of aliphatic hydroxyl groups is 2. The van der Waals surface area contributed by atoms with E-state index in [2.05, 4.69) is 5.16 Å². The average Bonchev–Trinajstić information content (AvgIpc) is 3.06. The van der Waals surface area contributed by atoms with Gasteiger partial charge in [0.15, 0.2) is 0 Å². The van der Waals surface area contributed by atoms with Crippen molar-refractivity contribution in [2.24, 2.45) is 22.9 Å². The van der Waals surface area contributed by atoms with Crippen molar-refractivity contribution in [2.75, 3.05) is 19.8 Å². The number of nitrogens with zero attached hydrogens (tertiary/aromatic N) is 1. The number of aliphatic hydroxyl groups excluding tert-OH is 2. The number of fused-ring (bicyclic) bond motifs is 1. The van der Waals surface area contributed by atoms with Gasteiger partial charge in [-0.1, -0.05) is 24.2 Å². The lowest BCUT2D eigenvalue weighted by Crippen LogP contribution is -2.19. The lowest BCUT2D eigenvalue weighted by atomic mass is 9.90. The fraction of sp³-hybridized carbons (Fsp3) is 0.778. The number of carboxylic acid groups (broad SMARTS) is 1. The SMILES string of the molecule is CCCOCC(O)C=C[C@H]1[C@@H]2CC(=NOCCC(=O)O)C[C@H]2C[C@@H]1O. The van der Waals surface area contributed by atoms with Crippen LogP contribution in [0.3, 0.4) is 0 Å². The summed E-state index contributed by atoms with van der Waals surface area (Å²) in [6.07, 6.45) is 5.65. The van der Waals surface area contributed by atoms with E-state index in [1.54, 1.807) is 6.08 Å². The molecule has 0 aromatic rings. The van der Waals surface area contributed by atoms with E-state index in [4.69, 9.17) is 14.7 Å². The van der Waals surface area contributed by atoms with Crippen molar-refractivity contribution in [3.8, 4) is 0 Å². The second-order valence-corrected chi connectivity index (χ2v) is 6.87. The Bertz CT molecular complexity index is 492. The molecule has 0 bridgehead atoms. The Balaban J connectivity index is 1.83. The number of hydrogen-bond donors (Lipinski definition) is 3. The van der Waals surface area contributed by atoms with Gasteiger partial charge in [-0.05, 0) is 37.5 Å². The van der Waals surface area contributed by atoms with Gasteiger partial charge in [0.1, 0.15) is 6.61 Å². The van der Waals surface area contributed by atoms with Crippen LogP contribution in [-0.4, -0.2) is 59.0 Å². The van der Waals surface area contributed by atoms with E-state index >= 15 is 0 Å². The number of rotatable bonds is 10. The molecule has 2 aliphatic rings. The van der Waals surface area contributed by atoms with E-state index in [9.17, 15) is 15.0 Å². The Kier molecular flexibility index (Phi) is 7.87. The minimum atomic E-state index is -0.904. The Labute approximate surface area is 148 Å². The Hall–Kier alpha value is -1.44. The van der Waals surface area contributed by atoms with Crippen LogP contribution in [0.15, 0.2) is 17.3 Å². The van der Waals surface area contributed by atoms with Gasteiger partial charge >= 0.3 is 5.97 Å². The van der Waals surface area contributed by atoms with Crippen LogP contribution in [0.4, 0.5) is 0 Å². The van der Waals surface area contributed by atoms with Gasteiger partial charge < -0.3 is 24.9 Å². The molecule has 7 nitrogen and oxygen atoms in total. The maximum Gasteiger partial charge on any atom is 0.306 e. The van der Waals surface area contributed by atoms with Gasteiger partial charge in [-0.2, -0.15) is 0 Å². The molecule has 3 N–H and O–H groups in total. The summed E-state index contributed by atoms with van der Waals surface area (Å²) in [7, 11) is 0. The first-order chi connectivity index (χ1) is 12.0. The predicted molar refractivity (Wildman–Crippen MR) is 92.2 cm³/mol. The maximum atomic E-state index is 10.5. The van der Waals surface area contributed by atoms with Crippen molar-refractivity contribution in [1.29, 1.82) is 0 Å². The zero-order chi connectivity index (χ0) is 18.2. The topological polar surface area (TPSA) is 109 Å². The minimum absolute atomic E-state index is 0.00227. The molecule has 1 unspecified atom stereocenters. The first kappa shape index (κ1) is 19.9. The highest BCUT2D eigenvalue weighted by Crippen LogP contribution is 2.47. The van der Waals surface area contributed by atoms with Crippen LogP contribution >= 0.6 is 0 Å². The molecule has 0 radical (unpaired) electrons. The zero-order valence-electron chi connectivity index (χ0n) is 14.7. The first-order valence-corrected chi connectivity index (χ1v) is 9.03. The van der Waals surface area contributed by atoms with Gasteiger partial charge in [-0.15, -0.1) is 0 Å². The van der Waals surface area contributed by atoms with E-state index in [1.807, 2.05) is 13.0 Å². The predicted octanol–water partition coefficient (Wildman–Crippen LogP) is 1.58. The lowest BCUT2D eigenvalue weighted by Gasteiger charge is -2.17. The van der Waals surface area contributed by atoms with Crippen LogP contribution in [0.2, 0.25) is 0 Å². The molecule has 2 fully saturated rings. The van der Waals surface area contributed by atoms with Crippen LogP contribution in [0.25, 0.3) is 0 Å². The molecule has 2 aliphatic carbocycles. The Morgan fingerprint density at radius 2 is 2.20 bits per heavy atom. The molecule has 0 spiro atoms. The molecule has 25 heavy (non-hydrogen) atoms. The molecule has 7 heteroatoms. The molecule has 0 saturated heterocycles. The molecular formula is C18H29NO6. The third kappa shape index (κ3) is 6.09. The standard InChI is InChI=1S/C18H29NO6/c1-2-6-24-11-14(20)3-4-15-16-10-13(8-12(16)9-17(15)21)19-25-7-5-18(22)23/h3-4,12,14-17,20-21H,2,5-11H2,1H3,(H,22,23)/t12-,14?,15-,16+,17-/m0/s1. The van der Waals surface area contributed by atoms with E-state index in [0.717, 1.165) is 31.4 Å². The zero-order valence-corrected chi connectivity index (χ0v) is 14.7. The maximum absolute atomic E-state index is 10.5. The molecular weight excluding hydrogens is 326 g/mol. The molecule has 0 amide bonds. The monoisotopic (exact) mass is 355 g/mol. The van der Waals surface area contributed by atoms with Crippen LogP contribution in [0.1, 0.15) is 39.0 Å². The summed E-state index contributed by atoms with van der Waals surface area (Å²) in [5.74, 6) is -0.257. The summed E-state index contributed by atoms with van der Waals surface area (Å²) >= 11 is 0. The molecule has 0 heterocycles. The summed E-state index contributed by atoms with van der Waals surface area (Å²) < 4.78 is 5.32. The van der Waals surface area contributed by atoms with Gasteiger partial charge in [0.25, 0.3) is 0 Å². The van der Waals surface area contributed by atoms with Gasteiger partial charge in [-0.3, -0.25) is 4.79 Å². The number of oxime groups is 1. The van der Waals surface area contributed by atoms with Crippen molar-refractivity contribution in [3.05, 3.63) is 12.2 Å². The van der Waals surface area contributed by atoms with Gasteiger partial charge in [0.05, 0.1) is 30.9 Å². The molecule has 0 aromatic carbocycles. The van der Waals surface area contributed by atoms with Crippen LogP contribution in [-0.2, 0) is 14.4 Å². The van der Waals surface area contributed by atoms with Crippen molar-refractivity contribution < 1.29 is 29.7 Å². The molecule has 0 aromatic heterocycles. The van der Waals surface area contributed by atoms with Crippen LogP contribution in [0.5, 0.6) is 0 Å². The van der Waals surface area contributed by atoms with Crippen molar-refractivity contribution in [2.45, 2.75) is 51.2 Å². The molecule has 2 saturated carbocycles. The number of carbonyl (C=O) groups is 1. The fourth-order valence-corrected chi connectivity index (χ4v) is 3.71. The summed E-state index contributed by atoms with van der Waals surface area (Å²) in [5.41, 5.74) is 0.928. The highest BCUT2D eigenvalue weighted by atomic mass is 16.6. The van der Waals surface area contributed by atoms with Gasteiger partial charge in [0.2, 0.25) is 0 Å². The van der Waals surface area contributed by atoms with Gasteiger partial charge in [0, 0.05) is 12.5 Å². The van der Waals surface area contributed by atoms with Crippen molar-refractivity contribution in [3.63, 3.8) is 0 Å². The van der Waals surface area contributed by atoms with E-state index in [0.29, 0.717) is 12.5 Å². The summed E-state index contributed by atoms with van der Waals surface area (Å²) in [4.78, 5) is 15.5. The number of carboxylic acids is 1. The molecule has 142 valence electrons. The van der Waals surface area contributed by atoms with Gasteiger partial charge in [-0.25, -0.2) is 0 Å². The second-order valence-electron chi connectivity index (χ2n) is 6.87. The summed E-state index contributed by atoms with van der Waals surface area (Å²) in [6.45, 7) is 2.99. The van der Waals surface area contributed by atoms with Crippen molar-refractivity contribution in [1.82, 2.24) is 0 Å². The fourth-order valence-electron chi connectivity index (χ4n) is 3.71. The van der Waals surface area contributed by atoms with E-state index in [1.165, 1.54) is 0 Å². The molecule has 2 rings (SSSR count). The third-order valence-corrected chi connectivity index (χ3v) is 4.85. The normalized spacial score (nSPS) is 31.6. The number of hydrogen-bond acceptors (Lipinski definition) is 6. The smallest absolute Gasteiger partial charge is 0.306 e. The minimum Gasteiger partial charge on any atom is -0.481 e. The number of ether oxygens (including phenoxy) is 1. The molecule has 5 atom stereocenters. The van der Waals surface area contributed by atoms with Crippen LogP contribution < -0.4 is 0 Å². The largest absolute Gasteiger partial charge is 0.481 e. The Morgan fingerprint density at radius 1 is 1.40 bits per heavy atom. The lowest BCUT2D eigenvalue weighted by molar-refractivity contribution is -0.138. The highest BCUT2D eigenvalue weighted by Gasteiger charge is 2.46. The second kappa shape index (κ2) is 9.89. The number of aliphatic carboxylic acids is 1. The highest BCUT2D eigenvalue weighted by molar-refractivity contribution is 5.86. The Morgan fingerprint density at radius 3 is 2.92 bits per heavy atom. The van der Waals surface area contributed by atoms with Crippen LogP contribution in [0, 0.1) is 17.8 Å². The third-order valence-electron chi connectivity index (χ3n) is 4.85. The average molecular weight is 355 g/mol.